The third kappa shape index (κ3) is 2.45. The maximum Gasteiger partial charge on any atom is 0.243 e. The van der Waals surface area contributed by atoms with E-state index in [2.05, 4.69) is 0 Å². The fraction of sp³-hybridized carbons (Fsp3) is 0.500. The number of nitrogens with zero attached hydrogens (tertiary/aromatic N) is 1. The van der Waals surface area contributed by atoms with Crippen molar-refractivity contribution in [2.45, 2.75) is 30.7 Å². The number of sulfonamides is 1. The molecule has 1 aliphatic rings. The molecule has 0 saturated heterocycles. The monoisotopic (exact) mass is 254 g/mol. The number of anilines is 1. The Balaban J connectivity index is 2.29. The van der Waals surface area contributed by atoms with E-state index in [4.69, 9.17) is 5.73 Å². The molecule has 1 unspecified atom stereocenters. The zero-order valence-corrected chi connectivity index (χ0v) is 10.9. The predicted molar refractivity (Wildman–Crippen MR) is 68.0 cm³/mol. The molecule has 1 fully saturated rings. The van der Waals surface area contributed by atoms with Crippen LogP contribution in [-0.2, 0) is 10.0 Å². The molecule has 0 bridgehead atoms. The highest BCUT2D eigenvalue weighted by Crippen LogP contribution is 2.36. The van der Waals surface area contributed by atoms with Crippen molar-refractivity contribution in [2.75, 3.05) is 12.8 Å². The van der Waals surface area contributed by atoms with Crippen LogP contribution in [0.1, 0.15) is 19.8 Å². The van der Waals surface area contributed by atoms with E-state index in [1.54, 1.807) is 25.2 Å². The highest BCUT2D eigenvalue weighted by atomic mass is 32.2. The second-order valence-electron chi connectivity index (χ2n) is 4.67. The molecule has 17 heavy (non-hydrogen) atoms. The molecule has 2 N–H and O–H groups in total. The number of nitrogen functional groups attached to an aromatic ring is 1. The van der Waals surface area contributed by atoms with Gasteiger partial charge in [0.15, 0.2) is 0 Å². The highest BCUT2D eigenvalue weighted by molar-refractivity contribution is 7.89. The zero-order chi connectivity index (χ0) is 12.6. The molecule has 0 amide bonds. The van der Waals surface area contributed by atoms with E-state index in [0.29, 0.717) is 11.6 Å². The molecule has 0 heterocycles. The van der Waals surface area contributed by atoms with Crippen molar-refractivity contribution in [3.8, 4) is 0 Å². The molecule has 4 nitrogen and oxygen atoms in total. The van der Waals surface area contributed by atoms with Crippen LogP contribution in [-0.4, -0.2) is 25.8 Å². The minimum atomic E-state index is -3.41. The lowest BCUT2D eigenvalue weighted by Gasteiger charge is -2.24. The van der Waals surface area contributed by atoms with Crippen LogP contribution in [0.15, 0.2) is 29.2 Å². The van der Waals surface area contributed by atoms with Gasteiger partial charge in [0.2, 0.25) is 10.0 Å². The summed E-state index contributed by atoms with van der Waals surface area (Å²) in [7, 11) is -1.77. The zero-order valence-electron chi connectivity index (χ0n) is 10.1. The predicted octanol–water partition coefficient (Wildman–Crippen LogP) is 1.69. The molecule has 5 heteroatoms. The maximum atomic E-state index is 12.3. The van der Waals surface area contributed by atoms with Gasteiger partial charge in [-0.05, 0) is 43.9 Å². The maximum absolute atomic E-state index is 12.3. The van der Waals surface area contributed by atoms with Gasteiger partial charge in [-0.2, -0.15) is 4.31 Å². The lowest BCUT2D eigenvalue weighted by Crippen LogP contribution is -2.36. The summed E-state index contributed by atoms with van der Waals surface area (Å²) < 4.78 is 26.1. The van der Waals surface area contributed by atoms with Gasteiger partial charge in [-0.1, -0.05) is 6.07 Å². The second kappa shape index (κ2) is 4.31. The molecule has 0 aromatic heterocycles. The largest absolute Gasteiger partial charge is 0.399 e. The molecule has 1 saturated carbocycles. The van der Waals surface area contributed by atoms with Crippen LogP contribution in [0.5, 0.6) is 0 Å². The quantitative estimate of drug-likeness (QED) is 0.832. The van der Waals surface area contributed by atoms with Gasteiger partial charge >= 0.3 is 0 Å². The molecular formula is C12H18N2O2S. The van der Waals surface area contributed by atoms with E-state index >= 15 is 0 Å². The van der Waals surface area contributed by atoms with Gasteiger partial charge in [0.1, 0.15) is 0 Å². The van der Waals surface area contributed by atoms with E-state index in [1.165, 1.54) is 10.4 Å². The Kier molecular flexibility index (Phi) is 3.14. The first-order valence-corrected chi connectivity index (χ1v) is 7.20. The first-order chi connectivity index (χ1) is 7.93. The summed E-state index contributed by atoms with van der Waals surface area (Å²) in [6.07, 6.45) is 2.25. The van der Waals surface area contributed by atoms with Gasteiger partial charge in [-0.25, -0.2) is 8.42 Å². The van der Waals surface area contributed by atoms with Gasteiger partial charge in [0.05, 0.1) is 4.90 Å². The van der Waals surface area contributed by atoms with Crippen LogP contribution < -0.4 is 5.73 Å². The van der Waals surface area contributed by atoms with Crippen LogP contribution >= 0.6 is 0 Å². The fourth-order valence-corrected chi connectivity index (χ4v) is 3.41. The van der Waals surface area contributed by atoms with E-state index in [9.17, 15) is 8.42 Å². The summed E-state index contributed by atoms with van der Waals surface area (Å²) >= 11 is 0. The minimum absolute atomic E-state index is 0.0569. The van der Waals surface area contributed by atoms with Crippen LogP contribution in [0, 0.1) is 5.92 Å². The van der Waals surface area contributed by atoms with Crippen molar-refractivity contribution in [1.29, 1.82) is 0 Å². The fourth-order valence-electron chi connectivity index (χ4n) is 1.94. The van der Waals surface area contributed by atoms with Crippen molar-refractivity contribution in [2.24, 2.45) is 5.92 Å². The third-order valence-electron chi connectivity index (χ3n) is 3.41. The Morgan fingerprint density at radius 2 is 2.06 bits per heavy atom. The molecule has 1 aromatic carbocycles. The number of rotatable bonds is 4. The summed E-state index contributed by atoms with van der Waals surface area (Å²) in [5.74, 6) is 0.510. The summed E-state index contributed by atoms with van der Waals surface area (Å²) in [5, 5.41) is 0. The molecule has 1 aromatic rings. The molecule has 1 aliphatic carbocycles. The topological polar surface area (TPSA) is 63.4 Å². The van der Waals surface area contributed by atoms with Gasteiger partial charge in [0, 0.05) is 18.8 Å². The second-order valence-corrected chi connectivity index (χ2v) is 6.67. The Morgan fingerprint density at radius 1 is 1.41 bits per heavy atom. The summed E-state index contributed by atoms with van der Waals surface area (Å²) in [5.41, 5.74) is 6.09. The molecular weight excluding hydrogens is 236 g/mol. The highest BCUT2D eigenvalue weighted by Gasteiger charge is 2.35. The molecule has 2 rings (SSSR count). The van der Waals surface area contributed by atoms with Crippen molar-refractivity contribution >= 4 is 15.7 Å². The first-order valence-electron chi connectivity index (χ1n) is 5.76. The Bertz CT molecular complexity index is 509. The van der Waals surface area contributed by atoms with Crippen molar-refractivity contribution < 1.29 is 8.42 Å². The Hall–Kier alpha value is -1.07. The lowest BCUT2D eigenvalue weighted by molar-refractivity contribution is 0.357. The van der Waals surface area contributed by atoms with Gasteiger partial charge in [-0.15, -0.1) is 0 Å². The average molecular weight is 254 g/mol. The molecule has 0 radical (unpaired) electrons. The molecule has 94 valence electrons. The van der Waals surface area contributed by atoms with Gasteiger partial charge < -0.3 is 5.73 Å². The van der Waals surface area contributed by atoms with E-state index in [-0.39, 0.29) is 10.9 Å². The summed E-state index contributed by atoms with van der Waals surface area (Å²) in [6.45, 7) is 1.96. The average Bonchev–Trinajstić information content (AvgIpc) is 3.11. The molecule has 0 aliphatic heterocycles. The van der Waals surface area contributed by atoms with Crippen LogP contribution in [0.4, 0.5) is 5.69 Å². The molecule has 0 spiro atoms. The summed E-state index contributed by atoms with van der Waals surface area (Å²) in [4.78, 5) is 0.271. The van der Waals surface area contributed by atoms with Crippen molar-refractivity contribution in [1.82, 2.24) is 4.31 Å². The number of hydrogen-bond acceptors (Lipinski definition) is 3. The standard InChI is InChI=1S/C12H18N2O2S/c1-9(10-6-7-10)14(2)17(15,16)12-5-3-4-11(13)8-12/h3-5,8-10H,6-7,13H2,1-2H3. The van der Waals surface area contributed by atoms with Crippen LogP contribution in [0.3, 0.4) is 0 Å². The van der Waals surface area contributed by atoms with Crippen molar-refractivity contribution in [3.05, 3.63) is 24.3 Å². The van der Waals surface area contributed by atoms with E-state index in [0.717, 1.165) is 12.8 Å². The Labute approximate surface area is 102 Å². The van der Waals surface area contributed by atoms with Gasteiger partial charge in [-0.3, -0.25) is 0 Å². The number of nitrogens with two attached hydrogens (primary N) is 1. The lowest BCUT2D eigenvalue weighted by atomic mass is 10.2. The summed E-state index contributed by atoms with van der Waals surface area (Å²) in [6, 6.07) is 6.50. The number of benzene rings is 1. The van der Waals surface area contributed by atoms with E-state index < -0.39 is 10.0 Å². The third-order valence-corrected chi connectivity index (χ3v) is 5.35. The van der Waals surface area contributed by atoms with Crippen molar-refractivity contribution in [3.63, 3.8) is 0 Å². The SMILES string of the molecule is CC(C1CC1)N(C)S(=O)(=O)c1cccc(N)c1. The number of hydrogen-bond donors (Lipinski definition) is 1. The van der Waals surface area contributed by atoms with E-state index in [1.807, 2.05) is 6.92 Å². The minimum Gasteiger partial charge on any atom is -0.399 e. The normalized spacial score (nSPS) is 18.3. The van der Waals surface area contributed by atoms with Crippen LogP contribution in [0.25, 0.3) is 0 Å². The van der Waals surface area contributed by atoms with Gasteiger partial charge in [0.25, 0.3) is 0 Å². The van der Waals surface area contributed by atoms with Crippen LogP contribution in [0.2, 0.25) is 0 Å². The Morgan fingerprint density at radius 3 is 2.59 bits per heavy atom. The molecule has 1 atom stereocenters. The smallest absolute Gasteiger partial charge is 0.243 e. The first kappa shape index (κ1) is 12.4.